The largest absolute Gasteiger partial charge is 0.381 e. The van der Waals surface area contributed by atoms with Crippen LogP contribution in [0.3, 0.4) is 0 Å². The Morgan fingerprint density at radius 2 is 1.92 bits per heavy atom. The molecule has 1 fully saturated rings. The number of anilines is 4. The number of aromatic nitrogens is 5. The van der Waals surface area contributed by atoms with Crippen LogP contribution in [0.4, 0.5) is 27.7 Å². The third-order valence-electron chi connectivity index (χ3n) is 6.20. The normalized spacial score (nSPS) is 14.8. The second kappa shape index (κ2) is 9.43. The highest BCUT2D eigenvalue weighted by molar-refractivity contribution is 7.92. The minimum Gasteiger partial charge on any atom is -0.381 e. The number of aromatic amines is 1. The monoisotopic (exact) mass is 511 g/mol. The van der Waals surface area contributed by atoms with Gasteiger partial charge in [0.25, 0.3) is 0 Å². The molecule has 36 heavy (non-hydrogen) atoms. The van der Waals surface area contributed by atoms with Gasteiger partial charge < -0.3 is 15.0 Å². The molecule has 0 amide bonds. The summed E-state index contributed by atoms with van der Waals surface area (Å²) >= 11 is 0. The van der Waals surface area contributed by atoms with Crippen molar-refractivity contribution in [3.05, 3.63) is 53.6 Å². The first-order valence-electron chi connectivity index (χ1n) is 11.5. The SMILES string of the molecule is Cc1cc(Nc2nccc(N(C)c3n[nH]c4nc(C)c(F)cc34)n2)cc(S(=O)(=O)C2CCOCC2)c1. The Morgan fingerprint density at radius 3 is 2.69 bits per heavy atom. The Morgan fingerprint density at radius 1 is 1.14 bits per heavy atom. The van der Waals surface area contributed by atoms with Crippen LogP contribution in [-0.4, -0.2) is 59.1 Å². The van der Waals surface area contributed by atoms with Crippen molar-refractivity contribution in [1.82, 2.24) is 25.1 Å². The number of pyridine rings is 1. The molecule has 4 aromatic rings. The van der Waals surface area contributed by atoms with Gasteiger partial charge in [-0.05, 0) is 62.6 Å². The first-order valence-corrected chi connectivity index (χ1v) is 13.1. The van der Waals surface area contributed by atoms with Gasteiger partial charge in [-0.25, -0.2) is 22.8 Å². The van der Waals surface area contributed by atoms with Crippen molar-refractivity contribution in [2.75, 3.05) is 30.5 Å². The maximum atomic E-state index is 14.1. The van der Waals surface area contributed by atoms with Gasteiger partial charge in [0, 0.05) is 32.1 Å². The summed E-state index contributed by atoms with van der Waals surface area (Å²) in [5, 5.41) is 10.3. The maximum Gasteiger partial charge on any atom is 0.229 e. The number of nitrogens with one attached hydrogen (secondary N) is 2. The third-order valence-corrected chi connectivity index (χ3v) is 8.45. The van der Waals surface area contributed by atoms with E-state index in [9.17, 15) is 12.8 Å². The summed E-state index contributed by atoms with van der Waals surface area (Å²) in [6.07, 6.45) is 2.54. The van der Waals surface area contributed by atoms with E-state index in [1.807, 2.05) is 13.0 Å². The van der Waals surface area contributed by atoms with Gasteiger partial charge in [-0.1, -0.05) is 0 Å². The number of aryl methyl sites for hydroxylation is 2. The molecular formula is C24H26FN7O3S. The van der Waals surface area contributed by atoms with Crippen molar-refractivity contribution < 1.29 is 17.5 Å². The van der Waals surface area contributed by atoms with Gasteiger partial charge in [0.05, 0.1) is 21.2 Å². The fraction of sp³-hybridized carbons (Fsp3) is 0.333. The minimum absolute atomic E-state index is 0.262. The van der Waals surface area contributed by atoms with E-state index in [4.69, 9.17) is 4.74 Å². The Hall–Kier alpha value is -3.64. The second-order valence-electron chi connectivity index (χ2n) is 8.81. The van der Waals surface area contributed by atoms with E-state index < -0.39 is 20.9 Å². The molecule has 0 unspecified atom stereocenters. The smallest absolute Gasteiger partial charge is 0.229 e. The van der Waals surface area contributed by atoms with E-state index in [2.05, 4.69) is 30.5 Å². The molecule has 10 nitrogen and oxygen atoms in total. The molecular weight excluding hydrogens is 485 g/mol. The van der Waals surface area contributed by atoms with Gasteiger partial charge >= 0.3 is 0 Å². The molecule has 5 rings (SSSR count). The van der Waals surface area contributed by atoms with Crippen molar-refractivity contribution in [2.45, 2.75) is 36.8 Å². The molecule has 0 atom stereocenters. The highest BCUT2D eigenvalue weighted by atomic mass is 32.2. The Balaban J connectivity index is 1.42. The fourth-order valence-corrected chi connectivity index (χ4v) is 6.09. The number of hydrogen-bond acceptors (Lipinski definition) is 9. The number of benzene rings is 1. The van der Waals surface area contributed by atoms with Crippen LogP contribution in [0.25, 0.3) is 11.0 Å². The van der Waals surface area contributed by atoms with Crippen LogP contribution >= 0.6 is 0 Å². The van der Waals surface area contributed by atoms with Gasteiger partial charge in [0.2, 0.25) is 5.95 Å². The predicted octanol–water partition coefficient (Wildman–Crippen LogP) is 3.97. The van der Waals surface area contributed by atoms with Crippen molar-refractivity contribution in [2.24, 2.45) is 0 Å². The van der Waals surface area contributed by atoms with Crippen molar-refractivity contribution >= 4 is 44.1 Å². The molecule has 12 heteroatoms. The molecule has 0 radical (unpaired) electrons. The standard InChI is InChI=1S/C24H26FN7O3S/c1-14-10-16(12-18(11-14)36(33,34)17-5-8-35-9-6-17)28-24-26-7-4-21(29-24)32(3)23-19-13-20(25)15(2)27-22(19)30-31-23/h4,7,10-13,17H,5-6,8-9H2,1-3H3,(H,26,28,29)(H,27,30,31). The van der Waals surface area contributed by atoms with E-state index in [-0.39, 0.29) is 16.5 Å². The van der Waals surface area contributed by atoms with Crippen LogP contribution < -0.4 is 10.2 Å². The molecule has 1 aliphatic heterocycles. The van der Waals surface area contributed by atoms with Crippen molar-refractivity contribution in [3.8, 4) is 0 Å². The fourth-order valence-electron chi connectivity index (χ4n) is 4.26. The topological polar surface area (TPSA) is 126 Å². The summed E-state index contributed by atoms with van der Waals surface area (Å²) in [5.41, 5.74) is 2.12. The van der Waals surface area contributed by atoms with Gasteiger partial charge in [0.1, 0.15) is 11.6 Å². The van der Waals surface area contributed by atoms with Crippen LogP contribution in [0.5, 0.6) is 0 Å². The molecule has 3 aromatic heterocycles. The van der Waals surface area contributed by atoms with Crippen molar-refractivity contribution in [1.29, 1.82) is 0 Å². The van der Waals surface area contributed by atoms with Crippen LogP contribution in [0.1, 0.15) is 24.1 Å². The number of hydrogen-bond donors (Lipinski definition) is 2. The lowest BCUT2D eigenvalue weighted by atomic mass is 10.2. The molecule has 1 aromatic carbocycles. The summed E-state index contributed by atoms with van der Waals surface area (Å²) in [4.78, 5) is 15.0. The number of ether oxygens (including phenoxy) is 1. The molecule has 1 saturated heterocycles. The third kappa shape index (κ3) is 4.61. The zero-order chi connectivity index (χ0) is 25.4. The summed E-state index contributed by atoms with van der Waals surface area (Å²) in [5.74, 6) is 0.819. The zero-order valence-corrected chi connectivity index (χ0v) is 20.9. The summed E-state index contributed by atoms with van der Waals surface area (Å²) < 4.78 is 45.9. The summed E-state index contributed by atoms with van der Waals surface area (Å²) in [7, 11) is -1.74. The van der Waals surface area contributed by atoms with Crippen LogP contribution in [0.2, 0.25) is 0 Å². The van der Waals surface area contributed by atoms with Crippen LogP contribution in [0.15, 0.2) is 41.4 Å². The zero-order valence-electron chi connectivity index (χ0n) is 20.1. The minimum atomic E-state index is -3.50. The van der Waals surface area contributed by atoms with E-state index in [0.717, 1.165) is 5.56 Å². The second-order valence-corrected chi connectivity index (χ2v) is 11.0. The predicted molar refractivity (Wildman–Crippen MR) is 134 cm³/mol. The number of halogens is 1. The van der Waals surface area contributed by atoms with Gasteiger partial charge in [0.15, 0.2) is 21.3 Å². The van der Waals surface area contributed by atoms with E-state index in [0.29, 0.717) is 54.4 Å². The summed E-state index contributed by atoms with van der Waals surface area (Å²) in [6, 6.07) is 8.20. The molecule has 1 aliphatic rings. The number of nitrogens with zero attached hydrogens (tertiary/aromatic N) is 5. The molecule has 4 heterocycles. The lowest BCUT2D eigenvalue weighted by Gasteiger charge is -2.22. The number of sulfone groups is 1. The Kier molecular flexibility index (Phi) is 6.31. The van der Waals surface area contributed by atoms with Gasteiger partial charge in [-0.2, -0.15) is 10.1 Å². The van der Waals surface area contributed by atoms with Crippen molar-refractivity contribution in [3.63, 3.8) is 0 Å². The van der Waals surface area contributed by atoms with Crippen LogP contribution in [0, 0.1) is 19.7 Å². The van der Waals surface area contributed by atoms with Gasteiger partial charge in [-0.15, -0.1) is 0 Å². The highest BCUT2D eigenvalue weighted by Crippen LogP contribution is 2.30. The number of rotatable bonds is 6. The molecule has 0 aliphatic carbocycles. The van der Waals surface area contributed by atoms with Gasteiger partial charge in [-0.3, -0.25) is 5.10 Å². The molecule has 0 spiro atoms. The van der Waals surface area contributed by atoms with E-state index >= 15 is 0 Å². The quantitative estimate of drug-likeness (QED) is 0.395. The number of fused-ring (bicyclic) bond motifs is 1. The Bertz CT molecular complexity index is 1530. The molecule has 2 N–H and O–H groups in total. The molecule has 188 valence electrons. The lowest BCUT2D eigenvalue weighted by Crippen LogP contribution is -2.29. The van der Waals surface area contributed by atoms with Crippen LogP contribution in [-0.2, 0) is 14.6 Å². The average molecular weight is 512 g/mol. The lowest BCUT2D eigenvalue weighted by molar-refractivity contribution is 0.0983. The summed E-state index contributed by atoms with van der Waals surface area (Å²) in [6.45, 7) is 4.33. The maximum absolute atomic E-state index is 14.1. The average Bonchev–Trinajstić information content (AvgIpc) is 3.26. The first kappa shape index (κ1) is 24.1. The highest BCUT2D eigenvalue weighted by Gasteiger charge is 2.30. The molecule has 0 bridgehead atoms. The first-order chi connectivity index (χ1) is 17.2. The Labute approximate surface area is 207 Å². The van der Waals surface area contributed by atoms with E-state index in [1.54, 1.807) is 43.3 Å². The van der Waals surface area contributed by atoms with E-state index in [1.165, 1.54) is 6.07 Å². The number of H-pyrrole nitrogens is 1. The molecule has 0 saturated carbocycles.